The van der Waals surface area contributed by atoms with E-state index in [-0.39, 0.29) is 35.6 Å². The van der Waals surface area contributed by atoms with E-state index >= 15 is 0 Å². The van der Waals surface area contributed by atoms with Crippen LogP contribution in [0.1, 0.15) is 90.9 Å². The van der Waals surface area contributed by atoms with Crippen molar-refractivity contribution in [3.05, 3.63) is 70.3 Å². The van der Waals surface area contributed by atoms with Crippen molar-refractivity contribution in [2.75, 3.05) is 0 Å². The normalized spacial score (nSPS) is 36.6. The third-order valence-electron chi connectivity index (χ3n) is 12.4. The summed E-state index contributed by atoms with van der Waals surface area (Å²) in [7, 11) is 0. The summed E-state index contributed by atoms with van der Waals surface area (Å²) in [6, 6.07) is 13.8. The van der Waals surface area contributed by atoms with E-state index in [2.05, 4.69) is 13.2 Å². The quantitative estimate of drug-likeness (QED) is 0.142. The Bertz CT molecular complexity index is 1670. The molecule has 8 aliphatic carbocycles. The van der Waals surface area contributed by atoms with Crippen LogP contribution in [-0.2, 0) is 34.8 Å². The second kappa shape index (κ2) is 11.7. The van der Waals surface area contributed by atoms with Crippen molar-refractivity contribution in [3.8, 4) is 0 Å². The molecule has 8 fully saturated rings. The second-order valence-corrected chi connectivity index (χ2v) is 19.9. The Labute approximate surface area is 295 Å². The number of hydrogen-bond donors (Lipinski definition) is 0. The Hall–Kier alpha value is -3.21. The first kappa shape index (κ1) is 33.0. The van der Waals surface area contributed by atoms with E-state index in [0.29, 0.717) is 49.7 Å². The topological polar surface area (TPSA) is 105 Å². The van der Waals surface area contributed by atoms with Gasteiger partial charge in [-0.2, -0.15) is 0 Å². The molecular formula is C40H45IO8. The molecule has 4 atom stereocenters. The summed E-state index contributed by atoms with van der Waals surface area (Å²) in [5, 5.41) is 1.89. The van der Waals surface area contributed by atoms with Gasteiger partial charge in [-0.1, -0.05) is 0 Å². The molecule has 49 heavy (non-hydrogen) atoms. The second-order valence-electron chi connectivity index (χ2n) is 16.6. The van der Waals surface area contributed by atoms with Crippen LogP contribution >= 0.6 is 20.6 Å². The Morgan fingerprint density at radius 3 is 1.51 bits per heavy atom. The number of rotatable bonds is 9. The molecule has 260 valence electrons. The van der Waals surface area contributed by atoms with Gasteiger partial charge in [0.15, 0.2) is 0 Å². The zero-order valence-electron chi connectivity index (χ0n) is 28.4. The van der Waals surface area contributed by atoms with Crippen LogP contribution in [0.25, 0.3) is 10.8 Å². The van der Waals surface area contributed by atoms with Crippen LogP contribution in [0.2, 0.25) is 0 Å². The van der Waals surface area contributed by atoms with Gasteiger partial charge < -0.3 is 0 Å². The fraction of sp³-hybridized carbons (Fsp3) is 0.550. The molecule has 0 radical (unpaired) electrons. The first-order chi connectivity index (χ1) is 23.3. The molecule has 0 heterocycles. The zero-order valence-corrected chi connectivity index (χ0v) is 30.6. The SMILES string of the molecule is C=C(C)C(=O)OC12CC3CC(C1)CC(C(=O)OI(OC(=O)C14CC5CC(CC(OC(=O)C(=C)C)(C5)C1)C4)c1cccc4ccccc14)(C3)C2. The number of hydrogen-bond acceptors (Lipinski definition) is 8. The molecule has 0 saturated heterocycles. The third-order valence-corrected chi connectivity index (χ3v) is 15.9. The van der Waals surface area contributed by atoms with Crippen LogP contribution < -0.4 is 0 Å². The van der Waals surface area contributed by atoms with Gasteiger partial charge in [-0.05, 0) is 0 Å². The monoisotopic (exact) mass is 780 g/mol. The molecule has 2 aromatic rings. The summed E-state index contributed by atoms with van der Waals surface area (Å²) in [6.07, 6.45) is 8.62. The van der Waals surface area contributed by atoms with Gasteiger partial charge in [-0.25, -0.2) is 0 Å². The van der Waals surface area contributed by atoms with E-state index in [9.17, 15) is 19.2 Å². The van der Waals surface area contributed by atoms with E-state index in [1.807, 2.05) is 42.5 Å². The van der Waals surface area contributed by atoms with Crippen molar-refractivity contribution >= 4 is 55.3 Å². The fourth-order valence-electron chi connectivity index (χ4n) is 11.4. The Balaban J connectivity index is 1.11. The number of halogens is 1. The maximum absolute atomic E-state index is 14.6. The Morgan fingerprint density at radius 2 is 1.06 bits per heavy atom. The molecule has 0 aliphatic heterocycles. The van der Waals surface area contributed by atoms with Gasteiger partial charge in [-0.3, -0.25) is 0 Å². The number of carbonyl (C=O) groups excluding carboxylic acids is 4. The van der Waals surface area contributed by atoms with Crippen LogP contribution in [0.4, 0.5) is 0 Å². The molecular weight excluding hydrogens is 735 g/mol. The predicted octanol–water partition coefficient (Wildman–Crippen LogP) is 8.35. The number of esters is 2. The van der Waals surface area contributed by atoms with Crippen LogP contribution in [0.15, 0.2) is 66.8 Å². The average Bonchev–Trinajstić information content (AvgIpc) is 3.02. The minimum absolute atomic E-state index is 0.263. The molecule has 4 unspecified atom stereocenters. The minimum atomic E-state index is -3.44. The van der Waals surface area contributed by atoms with Gasteiger partial charge in [0.2, 0.25) is 0 Å². The molecule has 9 heteroatoms. The summed E-state index contributed by atoms with van der Waals surface area (Å²) in [4.78, 5) is 54.8. The first-order valence-electron chi connectivity index (χ1n) is 17.7. The summed E-state index contributed by atoms with van der Waals surface area (Å²) in [5.74, 6) is -0.435. The fourth-order valence-corrected chi connectivity index (χ4v) is 15.0. The molecule has 8 bridgehead atoms. The number of carbonyl (C=O) groups is 4. The molecule has 0 amide bonds. The molecule has 2 aromatic carbocycles. The molecule has 0 N–H and O–H groups in total. The van der Waals surface area contributed by atoms with E-state index in [0.717, 1.165) is 52.9 Å². The van der Waals surface area contributed by atoms with Gasteiger partial charge in [0.25, 0.3) is 0 Å². The van der Waals surface area contributed by atoms with Crippen molar-refractivity contribution in [1.29, 1.82) is 0 Å². The van der Waals surface area contributed by atoms with Gasteiger partial charge in [-0.15, -0.1) is 0 Å². The summed E-state index contributed by atoms with van der Waals surface area (Å²) >= 11 is -3.44. The Morgan fingerprint density at radius 1 is 0.633 bits per heavy atom. The van der Waals surface area contributed by atoms with Crippen molar-refractivity contribution in [2.24, 2.45) is 34.5 Å². The summed E-state index contributed by atoms with van der Waals surface area (Å²) in [5.41, 5.74) is -2.30. The number of fused-ring (bicyclic) bond motifs is 1. The molecule has 8 aliphatic rings. The Kier molecular flexibility index (Phi) is 7.85. The molecule has 0 aromatic heterocycles. The first-order valence-corrected chi connectivity index (χ1v) is 20.5. The number of ether oxygens (including phenoxy) is 2. The van der Waals surface area contributed by atoms with E-state index in [4.69, 9.17) is 15.6 Å². The van der Waals surface area contributed by atoms with Crippen LogP contribution in [0.3, 0.4) is 0 Å². The summed E-state index contributed by atoms with van der Waals surface area (Å²) < 4.78 is 26.2. The van der Waals surface area contributed by atoms with Crippen LogP contribution in [-0.4, -0.2) is 35.1 Å². The van der Waals surface area contributed by atoms with E-state index in [1.165, 1.54) is 0 Å². The van der Waals surface area contributed by atoms with Crippen molar-refractivity contribution in [1.82, 2.24) is 0 Å². The summed E-state index contributed by atoms with van der Waals surface area (Å²) in [6.45, 7) is 10.9. The van der Waals surface area contributed by atoms with Gasteiger partial charge >= 0.3 is 297 Å². The maximum atomic E-state index is 14.6. The average molecular weight is 781 g/mol. The molecule has 0 spiro atoms. The zero-order chi connectivity index (χ0) is 34.3. The third kappa shape index (κ3) is 5.72. The van der Waals surface area contributed by atoms with Crippen LogP contribution in [0.5, 0.6) is 0 Å². The predicted molar refractivity (Wildman–Crippen MR) is 190 cm³/mol. The van der Waals surface area contributed by atoms with Crippen molar-refractivity contribution in [3.63, 3.8) is 0 Å². The van der Waals surface area contributed by atoms with Crippen LogP contribution in [0, 0.1) is 38.1 Å². The molecule has 8 saturated carbocycles. The molecule has 10 rings (SSSR count). The van der Waals surface area contributed by atoms with Crippen molar-refractivity contribution in [2.45, 2.75) is 102 Å². The van der Waals surface area contributed by atoms with Gasteiger partial charge in [0.05, 0.1) is 0 Å². The molecule has 8 nitrogen and oxygen atoms in total. The van der Waals surface area contributed by atoms with Crippen molar-refractivity contribution < 1.29 is 34.8 Å². The standard InChI is InChI=1S/C40H45IO8/c1-24(2)33(42)46-39-18-26-12-27(19-39)15-37(14-26,22-39)35(44)48-41(32-11-7-9-30-8-5-6-10-31(30)32)49-36(45)38-16-28-13-29(17-38)21-40(20-28,23-38)47-34(43)25(3)4/h5-11,26-29H,1,3,12-23H2,2,4H3. The number of benzene rings is 2. The van der Waals surface area contributed by atoms with Gasteiger partial charge in [0, 0.05) is 0 Å². The van der Waals surface area contributed by atoms with E-state index < -0.39 is 54.6 Å². The van der Waals surface area contributed by atoms with E-state index in [1.54, 1.807) is 13.8 Å². The van der Waals surface area contributed by atoms with Gasteiger partial charge in [0.1, 0.15) is 0 Å².